The maximum absolute atomic E-state index is 12.3. The molecule has 0 aliphatic carbocycles. The zero-order valence-electron chi connectivity index (χ0n) is 23.7. The van der Waals surface area contributed by atoms with E-state index in [1.165, 1.54) is 23.7 Å². The Labute approximate surface area is 225 Å². The van der Waals surface area contributed by atoms with Crippen molar-refractivity contribution in [3.63, 3.8) is 0 Å². The number of hydrogen-bond donors (Lipinski definition) is 1. The minimum absolute atomic E-state index is 0.0271. The average Bonchev–Trinajstić information content (AvgIpc) is 2.86. The summed E-state index contributed by atoms with van der Waals surface area (Å²) in [5.41, 5.74) is 4.18. The number of benzene rings is 3. The largest absolute Gasteiger partial charge is 0.240 e. The Kier molecular flexibility index (Phi) is 9.42. The van der Waals surface area contributed by atoms with Gasteiger partial charge >= 0.3 is 0 Å². The molecule has 0 aromatic heterocycles. The molecule has 0 fully saturated rings. The van der Waals surface area contributed by atoms with Crippen LogP contribution >= 0.6 is 0 Å². The van der Waals surface area contributed by atoms with E-state index >= 15 is 0 Å². The fraction of sp³-hybridized carbons (Fsp3) is 0.455. The normalized spacial score (nSPS) is 15.2. The fourth-order valence-electron chi connectivity index (χ4n) is 5.57. The van der Waals surface area contributed by atoms with Gasteiger partial charge in [-0.3, -0.25) is 0 Å². The molecule has 0 aliphatic heterocycles. The number of nitrogens with one attached hydrogen (secondary N) is 1. The van der Waals surface area contributed by atoms with Crippen LogP contribution in [0.4, 0.5) is 0 Å². The van der Waals surface area contributed by atoms with Gasteiger partial charge in [-0.25, -0.2) is 13.1 Å². The van der Waals surface area contributed by atoms with Gasteiger partial charge in [-0.15, -0.1) is 0 Å². The van der Waals surface area contributed by atoms with E-state index in [1.807, 2.05) is 12.1 Å². The molecule has 37 heavy (non-hydrogen) atoms. The summed E-state index contributed by atoms with van der Waals surface area (Å²) in [4.78, 5) is 0.307. The first-order valence-corrected chi connectivity index (χ1v) is 14.9. The van der Waals surface area contributed by atoms with Crippen LogP contribution in [0.5, 0.6) is 0 Å². The fourth-order valence-corrected chi connectivity index (χ4v) is 6.30. The smallest absolute Gasteiger partial charge is 0.214 e. The molecule has 3 atom stereocenters. The quantitative estimate of drug-likeness (QED) is 0.292. The van der Waals surface area contributed by atoms with Crippen molar-refractivity contribution in [1.82, 2.24) is 4.72 Å². The monoisotopic (exact) mass is 519 g/mol. The van der Waals surface area contributed by atoms with Gasteiger partial charge in [0.25, 0.3) is 0 Å². The van der Waals surface area contributed by atoms with Crippen molar-refractivity contribution in [3.8, 4) is 0 Å². The van der Waals surface area contributed by atoms with Gasteiger partial charge < -0.3 is 0 Å². The van der Waals surface area contributed by atoms with Gasteiger partial charge in [0.1, 0.15) is 0 Å². The summed E-state index contributed by atoms with van der Waals surface area (Å²) in [6.07, 6.45) is 3.22. The van der Waals surface area contributed by atoms with Crippen molar-refractivity contribution in [3.05, 3.63) is 102 Å². The summed E-state index contributed by atoms with van der Waals surface area (Å²) in [5.74, 6) is 1.16. The van der Waals surface area contributed by atoms with Crippen molar-refractivity contribution in [2.75, 3.05) is 7.05 Å². The lowest BCUT2D eigenvalue weighted by atomic mass is 9.68. The summed E-state index contributed by atoms with van der Waals surface area (Å²) in [7, 11) is -2.00. The number of rotatable bonds is 10. The highest BCUT2D eigenvalue weighted by Crippen LogP contribution is 2.46. The Balaban J connectivity index is 1.93. The van der Waals surface area contributed by atoms with Crippen molar-refractivity contribution in [2.24, 2.45) is 10.8 Å². The first-order valence-electron chi connectivity index (χ1n) is 13.5. The van der Waals surface area contributed by atoms with Crippen LogP contribution in [-0.4, -0.2) is 15.5 Å². The summed E-state index contributed by atoms with van der Waals surface area (Å²) in [6, 6.07) is 29.3. The lowest BCUT2D eigenvalue weighted by Crippen LogP contribution is -2.23. The van der Waals surface area contributed by atoms with Crippen LogP contribution in [0.2, 0.25) is 0 Å². The van der Waals surface area contributed by atoms with E-state index in [9.17, 15) is 8.42 Å². The first kappa shape index (κ1) is 29.1. The van der Waals surface area contributed by atoms with E-state index in [-0.39, 0.29) is 16.7 Å². The van der Waals surface area contributed by atoms with Crippen LogP contribution in [0.25, 0.3) is 0 Å². The molecule has 0 amide bonds. The standard InChI is InChI=1S/C33H45NO2S/c1-32(2,3)30(26-16-12-9-13-17-26)23-20-28(25-14-10-8-11-15-25)24-31(33(4,5)6)27-18-21-29(22-19-27)37(35,36)34-7/h8-19,21-22,28,30-31,34H,20,23-24H2,1-7H3. The van der Waals surface area contributed by atoms with Crippen molar-refractivity contribution in [2.45, 2.75) is 83.5 Å². The van der Waals surface area contributed by atoms with Crippen LogP contribution in [0.1, 0.15) is 95.2 Å². The zero-order valence-corrected chi connectivity index (χ0v) is 24.5. The molecule has 0 saturated carbocycles. The molecular formula is C33H45NO2S. The van der Waals surface area contributed by atoms with Gasteiger partial charge in [-0.1, -0.05) is 114 Å². The molecule has 0 radical (unpaired) electrons. The van der Waals surface area contributed by atoms with E-state index in [1.54, 1.807) is 12.1 Å². The van der Waals surface area contributed by atoms with Crippen LogP contribution in [0, 0.1) is 10.8 Å². The van der Waals surface area contributed by atoms with E-state index in [4.69, 9.17) is 0 Å². The zero-order chi connectivity index (χ0) is 27.3. The molecule has 3 rings (SSSR count). The first-order chi connectivity index (χ1) is 17.3. The van der Waals surface area contributed by atoms with Gasteiger partial charge in [0.2, 0.25) is 10.0 Å². The Morgan fingerprint density at radius 2 is 1.08 bits per heavy atom. The van der Waals surface area contributed by atoms with Crippen LogP contribution in [0.15, 0.2) is 89.8 Å². The Morgan fingerprint density at radius 1 is 0.622 bits per heavy atom. The topological polar surface area (TPSA) is 46.2 Å². The van der Waals surface area contributed by atoms with E-state index in [2.05, 4.69) is 107 Å². The number of hydrogen-bond acceptors (Lipinski definition) is 2. The van der Waals surface area contributed by atoms with Crippen molar-refractivity contribution >= 4 is 10.0 Å². The molecule has 3 aromatic carbocycles. The van der Waals surface area contributed by atoms with E-state index < -0.39 is 10.0 Å². The second kappa shape index (κ2) is 12.0. The lowest BCUT2D eigenvalue weighted by molar-refractivity contribution is 0.264. The molecule has 200 valence electrons. The van der Waals surface area contributed by atoms with Crippen LogP contribution in [-0.2, 0) is 10.0 Å². The third kappa shape index (κ3) is 7.78. The molecule has 3 unspecified atom stereocenters. The third-order valence-corrected chi connectivity index (χ3v) is 9.18. The van der Waals surface area contributed by atoms with Gasteiger partial charge in [0, 0.05) is 0 Å². The van der Waals surface area contributed by atoms with Crippen LogP contribution < -0.4 is 4.72 Å². The van der Waals surface area contributed by atoms with E-state index in [0.29, 0.717) is 16.7 Å². The highest BCUT2D eigenvalue weighted by atomic mass is 32.2. The number of sulfonamides is 1. The maximum Gasteiger partial charge on any atom is 0.240 e. The SMILES string of the molecule is CNS(=O)(=O)c1ccc(C(CC(CCC(c2ccccc2)C(C)(C)C)c2ccccc2)C(C)(C)C)cc1. The molecule has 0 aliphatic rings. The van der Waals surface area contributed by atoms with Gasteiger partial charge in [-0.2, -0.15) is 0 Å². The summed E-state index contributed by atoms with van der Waals surface area (Å²) in [5, 5.41) is 0. The summed E-state index contributed by atoms with van der Waals surface area (Å²) >= 11 is 0. The molecule has 4 heteroatoms. The van der Waals surface area contributed by atoms with Gasteiger partial charge in [0.15, 0.2) is 0 Å². The molecule has 3 nitrogen and oxygen atoms in total. The maximum atomic E-state index is 12.3. The Bertz CT molecular complexity index is 1210. The second-order valence-electron chi connectivity index (χ2n) is 12.4. The van der Waals surface area contributed by atoms with Gasteiger partial charge in [0.05, 0.1) is 4.90 Å². The molecular weight excluding hydrogens is 474 g/mol. The Hall–Kier alpha value is -2.43. The molecule has 0 saturated heterocycles. The molecule has 0 spiro atoms. The predicted molar refractivity (Wildman–Crippen MR) is 157 cm³/mol. The molecule has 3 aromatic rings. The summed E-state index contributed by atoms with van der Waals surface area (Å²) < 4.78 is 27.0. The highest BCUT2D eigenvalue weighted by molar-refractivity contribution is 7.89. The van der Waals surface area contributed by atoms with Gasteiger partial charge in [-0.05, 0) is 83.7 Å². The van der Waals surface area contributed by atoms with Crippen molar-refractivity contribution < 1.29 is 8.42 Å². The molecule has 0 bridgehead atoms. The lowest BCUT2D eigenvalue weighted by Gasteiger charge is -2.36. The molecule has 0 heterocycles. The highest BCUT2D eigenvalue weighted by Gasteiger charge is 2.32. The third-order valence-electron chi connectivity index (χ3n) is 7.75. The minimum Gasteiger partial charge on any atom is -0.214 e. The van der Waals surface area contributed by atoms with Crippen molar-refractivity contribution in [1.29, 1.82) is 0 Å². The summed E-state index contributed by atoms with van der Waals surface area (Å²) in [6.45, 7) is 13.9. The predicted octanol–water partition coefficient (Wildman–Crippen LogP) is 8.51. The minimum atomic E-state index is -3.45. The average molecular weight is 520 g/mol. The second-order valence-corrected chi connectivity index (χ2v) is 14.3. The van der Waals surface area contributed by atoms with E-state index in [0.717, 1.165) is 19.3 Å². The van der Waals surface area contributed by atoms with Crippen LogP contribution in [0.3, 0.4) is 0 Å². The molecule has 1 N–H and O–H groups in total. The Morgan fingerprint density at radius 3 is 1.54 bits per heavy atom.